The maximum absolute atomic E-state index is 12.3. The van der Waals surface area contributed by atoms with Crippen molar-refractivity contribution < 1.29 is 19.0 Å². The van der Waals surface area contributed by atoms with Crippen molar-refractivity contribution in [3.05, 3.63) is 23.8 Å². The molecule has 0 aliphatic carbocycles. The molecule has 1 amide bonds. The SMILES string of the molecule is COc1ccc(CC(=O)N2CCOC(CN)C2)cc1OC.Cl. The second kappa shape index (κ2) is 8.82. The minimum atomic E-state index is -0.0619. The topological polar surface area (TPSA) is 74.0 Å². The first-order valence-electron chi connectivity index (χ1n) is 6.98. The van der Waals surface area contributed by atoms with Crippen LogP contribution in [0.2, 0.25) is 0 Å². The summed E-state index contributed by atoms with van der Waals surface area (Å²) >= 11 is 0. The van der Waals surface area contributed by atoms with Crippen molar-refractivity contribution >= 4 is 18.3 Å². The summed E-state index contributed by atoms with van der Waals surface area (Å²) in [7, 11) is 3.17. The summed E-state index contributed by atoms with van der Waals surface area (Å²) in [6.07, 6.45) is 0.269. The molecule has 1 unspecified atom stereocenters. The Balaban J connectivity index is 0.00000242. The van der Waals surface area contributed by atoms with E-state index in [2.05, 4.69) is 0 Å². The molecule has 1 heterocycles. The van der Waals surface area contributed by atoms with E-state index in [9.17, 15) is 4.79 Å². The van der Waals surface area contributed by atoms with Gasteiger partial charge < -0.3 is 24.8 Å². The number of benzene rings is 1. The highest BCUT2D eigenvalue weighted by atomic mass is 35.5. The van der Waals surface area contributed by atoms with Crippen LogP contribution >= 0.6 is 12.4 Å². The number of ether oxygens (including phenoxy) is 3. The molecule has 1 aromatic rings. The number of carbonyl (C=O) groups excluding carboxylic acids is 1. The van der Waals surface area contributed by atoms with Crippen LogP contribution in [-0.2, 0) is 16.0 Å². The van der Waals surface area contributed by atoms with Gasteiger partial charge in [0.25, 0.3) is 0 Å². The molecule has 1 fully saturated rings. The number of nitrogens with two attached hydrogens (primary N) is 1. The minimum Gasteiger partial charge on any atom is -0.493 e. The Morgan fingerprint density at radius 3 is 2.73 bits per heavy atom. The number of halogens is 1. The van der Waals surface area contributed by atoms with E-state index in [-0.39, 0.29) is 24.4 Å². The molecule has 6 nitrogen and oxygen atoms in total. The van der Waals surface area contributed by atoms with Gasteiger partial charge in [0, 0.05) is 19.6 Å². The lowest BCUT2D eigenvalue weighted by Gasteiger charge is -2.32. The number of nitrogens with zero attached hydrogens (tertiary/aromatic N) is 1. The van der Waals surface area contributed by atoms with E-state index in [4.69, 9.17) is 19.9 Å². The van der Waals surface area contributed by atoms with Gasteiger partial charge in [-0.05, 0) is 17.7 Å². The van der Waals surface area contributed by atoms with Crippen molar-refractivity contribution in [1.29, 1.82) is 0 Å². The number of methoxy groups -OCH3 is 2. The van der Waals surface area contributed by atoms with Crippen LogP contribution < -0.4 is 15.2 Å². The van der Waals surface area contributed by atoms with Gasteiger partial charge in [-0.3, -0.25) is 4.79 Å². The van der Waals surface area contributed by atoms with E-state index in [1.54, 1.807) is 19.1 Å². The zero-order valence-corrected chi connectivity index (χ0v) is 13.7. The predicted molar refractivity (Wildman–Crippen MR) is 85.9 cm³/mol. The summed E-state index contributed by atoms with van der Waals surface area (Å²) in [6, 6.07) is 5.52. The van der Waals surface area contributed by atoms with Crippen molar-refractivity contribution in [2.24, 2.45) is 5.73 Å². The maximum atomic E-state index is 12.3. The summed E-state index contributed by atoms with van der Waals surface area (Å²) in [6.45, 7) is 2.14. The monoisotopic (exact) mass is 330 g/mol. The second-order valence-corrected chi connectivity index (χ2v) is 4.93. The number of rotatable bonds is 5. The molecule has 0 aromatic heterocycles. The van der Waals surface area contributed by atoms with Gasteiger partial charge in [-0.1, -0.05) is 6.07 Å². The van der Waals surface area contributed by atoms with Gasteiger partial charge in [0.15, 0.2) is 11.5 Å². The largest absolute Gasteiger partial charge is 0.493 e. The summed E-state index contributed by atoms with van der Waals surface area (Å²) < 4.78 is 15.9. The first-order chi connectivity index (χ1) is 10.2. The van der Waals surface area contributed by atoms with Crippen LogP contribution in [0.4, 0.5) is 0 Å². The molecule has 0 spiro atoms. The number of hydrogen-bond acceptors (Lipinski definition) is 5. The number of carbonyl (C=O) groups is 1. The molecule has 7 heteroatoms. The molecule has 124 valence electrons. The molecule has 1 aliphatic heterocycles. The van der Waals surface area contributed by atoms with E-state index in [0.717, 1.165) is 5.56 Å². The van der Waals surface area contributed by atoms with Crippen molar-refractivity contribution in [1.82, 2.24) is 4.90 Å². The molecule has 1 aromatic carbocycles. The lowest BCUT2D eigenvalue weighted by Crippen LogP contribution is -2.48. The second-order valence-electron chi connectivity index (χ2n) is 4.93. The Labute approximate surface area is 136 Å². The molecule has 1 saturated heterocycles. The van der Waals surface area contributed by atoms with Gasteiger partial charge >= 0.3 is 0 Å². The number of amides is 1. The maximum Gasteiger partial charge on any atom is 0.227 e. The molecular formula is C15H23ClN2O4. The van der Waals surface area contributed by atoms with E-state index in [0.29, 0.717) is 44.2 Å². The van der Waals surface area contributed by atoms with Gasteiger partial charge in [0.2, 0.25) is 5.91 Å². The molecular weight excluding hydrogens is 308 g/mol. The molecule has 2 N–H and O–H groups in total. The van der Waals surface area contributed by atoms with E-state index < -0.39 is 0 Å². The lowest BCUT2D eigenvalue weighted by atomic mass is 10.1. The summed E-state index contributed by atoms with van der Waals surface area (Å²) in [4.78, 5) is 14.1. The normalized spacial score (nSPS) is 17.6. The van der Waals surface area contributed by atoms with Gasteiger partial charge in [0.1, 0.15) is 0 Å². The van der Waals surface area contributed by atoms with E-state index >= 15 is 0 Å². The van der Waals surface area contributed by atoms with E-state index in [1.165, 1.54) is 0 Å². The van der Waals surface area contributed by atoms with Crippen LogP contribution in [0.5, 0.6) is 11.5 Å². The average molecular weight is 331 g/mol. The Morgan fingerprint density at radius 2 is 2.09 bits per heavy atom. The van der Waals surface area contributed by atoms with Gasteiger partial charge in [-0.15, -0.1) is 12.4 Å². The van der Waals surface area contributed by atoms with Crippen LogP contribution in [0.1, 0.15) is 5.56 Å². The van der Waals surface area contributed by atoms with Crippen LogP contribution in [0.25, 0.3) is 0 Å². The van der Waals surface area contributed by atoms with Crippen molar-refractivity contribution in [2.75, 3.05) is 40.5 Å². The molecule has 0 saturated carbocycles. The Kier molecular flexibility index (Phi) is 7.44. The number of morpholine rings is 1. The summed E-state index contributed by atoms with van der Waals surface area (Å²) in [5, 5.41) is 0. The third-order valence-electron chi connectivity index (χ3n) is 3.56. The fourth-order valence-electron chi connectivity index (χ4n) is 2.37. The minimum absolute atomic E-state index is 0. The zero-order chi connectivity index (χ0) is 15.2. The highest BCUT2D eigenvalue weighted by Gasteiger charge is 2.23. The van der Waals surface area contributed by atoms with Gasteiger partial charge in [-0.2, -0.15) is 0 Å². The molecule has 1 atom stereocenters. The van der Waals surface area contributed by atoms with Crippen LogP contribution in [0, 0.1) is 0 Å². The molecule has 0 radical (unpaired) electrons. The predicted octanol–water partition coefficient (Wildman–Crippen LogP) is 0.854. The molecule has 2 rings (SSSR count). The van der Waals surface area contributed by atoms with Crippen molar-refractivity contribution in [3.8, 4) is 11.5 Å². The molecule has 1 aliphatic rings. The highest BCUT2D eigenvalue weighted by Crippen LogP contribution is 2.27. The van der Waals surface area contributed by atoms with Crippen LogP contribution in [0.15, 0.2) is 18.2 Å². The van der Waals surface area contributed by atoms with Gasteiger partial charge in [0.05, 0.1) is 33.4 Å². The third-order valence-corrected chi connectivity index (χ3v) is 3.56. The van der Waals surface area contributed by atoms with Crippen molar-refractivity contribution in [2.45, 2.75) is 12.5 Å². The molecule has 22 heavy (non-hydrogen) atoms. The fourth-order valence-corrected chi connectivity index (χ4v) is 2.37. The average Bonchev–Trinajstić information content (AvgIpc) is 2.54. The quantitative estimate of drug-likeness (QED) is 0.866. The third kappa shape index (κ3) is 4.50. The molecule has 0 bridgehead atoms. The first kappa shape index (κ1) is 18.5. The van der Waals surface area contributed by atoms with Crippen LogP contribution in [-0.4, -0.2) is 57.4 Å². The highest BCUT2D eigenvalue weighted by molar-refractivity contribution is 5.85. The first-order valence-corrected chi connectivity index (χ1v) is 6.98. The van der Waals surface area contributed by atoms with E-state index in [1.807, 2.05) is 18.2 Å². The Hall–Kier alpha value is -1.50. The Bertz CT molecular complexity index is 498. The number of hydrogen-bond donors (Lipinski definition) is 1. The van der Waals surface area contributed by atoms with Gasteiger partial charge in [-0.25, -0.2) is 0 Å². The zero-order valence-electron chi connectivity index (χ0n) is 12.9. The Morgan fingerprint density at radius 1 is 1.36 bits per heavy atom. The smallest absolute Gasteiger partial charge is 0.227 e. The summed E-state index contributed by atoms with van der Waals surface area (Å²) in [5.41, 5.74) is 6.49. The van der Waals surface area contributed by atoms with Crippen molar-refractivity contribution in [3.63, 3.8) is 0 Å². The standard InChI is InChI=1S/C15H22N2O4.ClH/c1-19-13-4-3-11(7-14(13)20-2)8-15(18)17-5-6-21-12(9-16)10-17;/h3-4,7,12H,5-6,8-10,16H2,1-2H3;1H. The lowest BCUT2D eigenvalue weighted by molar-refractivity contribution is -0.137. The van der Waals surface area contributed by atoms with Crippen LogP contribution in [0.3, 0.4) is 0 Å². The summed E-state index contributed by atoms with van der Waals surface area (Å²) in [5.74, 6) is 1.36. The fraction of sp³-hybridized carbons (Fsp3) is 0.533.